The Labute approximate surface area is 157 Å². The van der Waals surface area contributed by atoms with Crippen molar-refractivity contribution in [3.05, 3.63) is 53.1 Å². The maximum Gasteiger partial charge on any atom is 0.417 e. The van der Waals surface area contributed by atoms with Gasteiger partial charge in [0, 0.05) is 5.69 Å². The Hall–Kier alpha value is -2.74. The van der Waals surface area contributed by atoms with E-state index < -0.39 is 22.7 Å². The van der Waals surface area contributed by atoms with Gasteiger partial charge in [0.15, 0.2) is 0 Å². The molecule has 1 heterocycles. The first-order chi connectivity index (χ1) is 12.8. The number of halogens is 4. The largest absolute Gasteiger partial charge is 0.491 e. The smallest absolute Gasteiger partial charge is 0.417 e. The van der Waals surface area contributed by atoms with Gasteiger partial charge in [0.2, 0.25) is 11.8 Å². The molecule has 0 bridgehead atoms. The van der Waals surface area contributed by atoms with Crippen molar-refractivity contribution in [2.45, 2.75) is 12.6 Å². The molecule has 2 aromatic carbocycles. The van der Waals surface area contributed by atoms with E-state index in [4.69, 9.17) is 16.3 Å². The summed E-state index contributed by atoms with van der Waals surface area (Å²) in [7, 11) is 0. The first-order valence-electron chi connectivity index (χ1n) is 7.94. The van der Waals surface area contributed by atoms with Crippen LogP contribution < -0.4 is 15.0 Å². The summed E-state index contributed by atoms with van der Waals surface area (Å²) in [6, 6.07) is 9.81. The Balaban J connectivity index is 1.79. The summed E-state index contributed by atoms with van der Waals surface area (Å²) in [4.78, 5) is 25.9. The Bertz CT molecular complexity index is 886. The summed E-state index contributed by atoms with van der Waals surface area (Å²) in [5, 5.41) is 1.90. The molecule has 0 fully saturated rings. The van der Waals surface area contributed by atoms with Crippen molar-refractivity contribution >= 4 is 34.8 Å². The molecule has 2 amide bonds. The van der Waals surface area contributed by atoms with Crippen molar-refractivity contribution in [3.8, 4) is 5.75 Å². The van der Waals surface area contributed by atoms with E-state index >= 15 is 0 Å². The highest BCUT2D eigenvalue weighted by Gasteiger charge is 2.33. The average molecular weight is 399 g/mol. The number of hydrogen-bond donors (Lipinski definition) is 1. The number of anilines is 2. The number of carbonyl (C=O) groups excluding carboxylic acids is 2. The van der Waals surface area contributed by atoms with Crippen LogP contribution in [0.4, 0.5) is 24.5 Å². The van der Waals surface area contributed by atoms with Gasteiger partial charge in [-0.05, 0) is 30.3 Å². The van der Waals surface area contributed by atoms with Gasteiger partial charge in [0.25, 0.3) is 0 Å². The third-order valence-corrected chi connectivity index (χ3v) is 4.22. The van der Waals surface area contributed by atoms with Gasteiger partial charge in [0.05, 0.1) is 29.3 Å². The monoisotopic (exact) mass is 398 g/mol. The highest BCUT2D eigenvalue weighted by atomic mass is 35.5. The number of hydrogen-bond acceptors (Lipinski definition) is 3. The quantitative estimate of drug-likeness (QED) is 0.846. The Morgan fingerprint density at radius 2 is 1.96 bits per heavy atom. The van der Waals surface area contributed by atoms with Gasteiger partial charge in [0.1, 0.15) is 12.3 Å². The highest BCUT2D eigenvalue weighted by molar-refractivity contribution is 6.31. The Kier molecular flexibility index (Phi) is 5.27. The fraction of sp³-hybridized carbons (Fsp3) is 0.222. The molecule has 5 nitrogen and oxygen atoms in total. The number of amides is 2. The SMILES string of the molecule is O=C(CN1C(=O)CCOc2ccccc21)Nc1ccc(Cl)c(C(F)(F)F)c1. The second-order valence-electron chi connectivity index (χ2n) is 5.79. The van der Waals surface area contributed by atoms with E-state index in [0.717, 1.165) is 12.1 Å². The predicted octanol–water partition coefficient (Wildman–Crippen LogP) is 4.11. The summed E-state index contributed by atoms with van der Waals surface area (Å²) in [5.74, 6) is -0.500. The van der Waals surface area contributed by atoms with Crippen molar-refractivity contribution in [2.24, 2.45) is 0 Å². The zero-order valence-corrected chi connectivity index (χ0v) is 14.6. The Morgan fingerprint density at radius 3 is 2.70 bits per heavy atom. The van der Waals surface area contributed by atoms with Crippen molar-refractivity contribution in [1.82, 2.24) is 0 Å². The number of alkyl halides is 3. The summed E-state index contributed by atoms with van der Waals surface area (Å²) < 4.78 is 44.3. The Morgan fingerprint density at radius 1 is 1.22 bits per heavy atom. The lowest BCUT2D eigenvalue weighted by Crippen LogP contribution is -2.37. The van der Waals surface area contributed by atoms with Crippen LogP contribution in [0.3, 0.4) is 0 Å². The fourth-order valence-corrected chi connectivity index (χ4v) is 2.88. The van der Waals surface area contributed by atoms with Gasteiger partial charge in [-0.15, -0.1) is 0 Å². The van der Waals surface area contributed by atoms with Crippen LogP contribution in [-0.2, 0) is 15.8 Å². The molecule has 27 heavy (non-hydrogen) atoms. The lowest BCUT2D eigenvalue weighted by Gasteiger charge is -2.21. The van der Waals surface area contributed by atoms with Gasteiger partial charge >= 0.3 is 6.18 Å². The number of para-hydroxylation sites is 2. The lowest BCUT2D eigenvalue weighted by molar-refractivity contribution is -0.137. The first-order valence-corrected chi connectivity index (χ1v) is 8.32. The molecule has 0 aliphatic carbocycles. The van der Waals surface area contributed by atoms with Gasteiger partial charge in [-0.3, -0.25) is 14.5 Å². The van der Waals surface area contributed by atoms with E-state index in [0.29, 0.717) is 11.4 Å². The van der Waals surface area contributed by atoms with Crippen molar-refractivity contribution in [2.75, 3.05) is 23.4 Å². The summed E-state index contributed by atoms with van der Waals surface area (Å²) >= 11 is 5.57. The zero-order valence-electron chi connectivity index (χ0n) is 13.8. The second-order valence-corrected chi connectivity index (χ2v) is 6.19. The number of nitrogens with one attached hydrogen (secondary N) is 1. The van der Waals surface area contributed by atoms with Crippen molar-refractivity contribution in [3.63, 3.8) is 0 Å². The molecule has 1 aliphatic heterocycles. The molecule has 0 saturated heterocycles. The van der Waals surface area contributed by atoms with Crippen LogP contribution in [0, 0.1) is 0 Å². The van der Waals surface area contributed by atoms with Crippen LogP contribution in [0.5, 0.6) is 5.75 Å². The molecule has 9 heteroatoms. The number of fused-ring (bicyclic) bond motifs is 1. The number of benzene rings is 2. The minimum Gasteiger partial charge on any atom is -0.491 e. The third-order valence-electron chi connectivity index (χ3n) is 3.89. The van der Waals surface area contributed by atoms with Crippen molar-refractivity contribution in [1.29, 1.82) is 0 Å². The van der Waals surface area contributed by atoms with Crippen LogP contribution in [0.1, 0.15) is 12.0 Å². The molecule has 1 aliphatic rings. The van der Waals surface area contributed by atoms with E-state index in [1.165, 1.54) is 11.0 Å². The molecule has 0 saturated carbocycles. The van der Waals surface area contributed by atoms with Crippen LogP contribution in [0.15, 0.2) is 42.5 Å². The normalized spacial score (nSPS) is 14.2. The molecule has 0 atom stereocenters. The van der Waals surface area contributed by atoms with E-state index in [1.807, 2.05) is 0 Å². The predicted molar refractivity (Wildman–Crippen MR) is 94.0 cm³/mol. The molecular formula is C18H14ClF3N2O3. The molecular weight excluding hydrogens is 385 g/mol. The maximum absolute atomic E-state index is 12.9. The van der Waals surface area contributed by atoms with E-state index in [1.54, 1.807) is 24.3 Å². The topological polar surface area (TPSA) is 58.6 Å². The van der Waals surface area contributed by atoms with Crippen LogP contribution in [0.2, 0.25) is 5.02 Å². The number of ether oxygens (including phenoxy) is 1. The summed E-state index contributed by atoms with van der Waals surface area (Å²) in [6.45, 7) is -0.177. The van der Waals surface area contributed by atoms with Crippen LogP contribution >= 0.6 is 11.6 Å². The molecule has 0 radical (unpaired) electrons. The van der Waals surface area contributed by atoms with Crippen molar-refractivity contribution < 1.29 is 27.5 Å². The molecule has 0 unspecified atom stereocenters. The van der Waals surface area contributed by atoms with Gasteiger partial charge in [-0.2, -0.15) is 13.2 Å². The number of carbonyl (C=O) groups is 2. The van der Waals surface area contributed by atoms with Gasteiger partial charge < -0.3 is 10.1 Å². The standard InChI is InChI=1S/C18H14ClF3N2O3/c19-13-6-5-11(9-12(13)18(20,21)22)23-16(25)10-24-14-3-1-2-4-15(14)27-8-7-17(24)26/h1-6,9H,7-8,10H2,(H,23,25). The zero-order chi connectivity index (χ0) is 19.6. The molecule has 1 N–H and O–H groups in total. The van der Waals surface area contributed by atoms with E-state index in [2.05, 4.69) is 5.32 Å². The van der Waals surface area contributed by atoms with E-state index in [-0.39, 0.29) is 31.2 Å². The minimum atomic E-state index is -4.64. The van der Waals surface area contributed by atoms with E-state index in [9.17, 15) is 22.8 Å². The van der Waals surface area contributed by atoms with Gasteiger partial charge in [-0.1, -0.05) is 23.7 Å². The molecule has 2 aromatic rings. The summed E-state index contributed by atoms with van der Waals surface area (Å²) in [5.41, 5.74) is -0.683. The molecule has 3 rings (SSSR count). The fourth-order valence-electron chi connectivity index (χ4n) is 2.66. The maximum atomic E-state index is 12.9. The van der Waals surface area contributed by atoms with Gasteiger partial charge in [-0.25, -0.2) is 0 Å². The second kappa shape index (κ2) is 7.48. The first kappa shape index (κ1) is 19.0. The summed E-state index contributed by atoms with van der Waals surface area (Å²) in [6.07, 6.45) is -4.56. The van der Waals surface area contributed by atoms with Crippen LogP contribution in [-0.4, -0.2) is 25.0 Å². The number of rotatable bonds is 3. The molecule has 0 spiro atoms. The lowest BCUT2D eigenvalue weighted by atomic mass is 10.2. The molecule has 0 aromatic heterocycles. The average Bonchev–Trinajstić information content (AvgIpc) is 2.75. The highest BCUT2D eigenvalue weighted by Crippen LogP contribution is 2.36. The third kappa shape index (κ3) is 4.33. The minimum absolute atomic E-state index is 0.0662. The van der Waals surface area contributed by atoms with Crippen LogP contribution in [0.25, 0.3) is 0 Å². The number of nitrogens with zero attached hydrogens (tertiary/aromatic N) is 1. The molecule has 142 valence electrons.